The van der Waals surface area contributed by atoms with Crippen molar-refractivity contribution in [1.29, 1.82) is 0 Å². The molecule has 2 N–H and O–H groups in total. The lowest BCUT2D eigenvalue weighted by Gasteiger charge is -2.26. The van der Waals surface area contributed by atoms with Crippen molar-refractivity contribution in [2.45, 2.75) is 13.1 Å². The van der Waals surface area contributed by atoms with Crippen molar-refractivity contribution in [3.05, 3.63) is 94.3 Å². The highest BCUT2D eigenvalue weighted by Crippen LogP contribution is 2.33. The number of nitrogens with zero attached hydrogens (tertiary/aromatic N) is 2. The molecule has 0 atom stereocenters. The predicted molar refractivity (Wildman–Crippen MR) is 132 cm³/mol. The van der Waals surface area contributed by atoms with Gasteiger partial charge >= 0.3 is 0 Å². The summed E-state index contributed by atoms with van der Waals surface area (Å²) in [6, 6.07) is 15.2. The number of benzene rings is 2. The van der Waals surface area contributed by atoms with Crippen molar-refractivity contribution in [2.24, 2.45) is 0 Å². The van der Waals surface area contributed by atoms with Crippen LogP contribution in [0.2, 0.25) is 0 Å². The molecule has 1 aliphatic rings. The van der Waals surface area contributed by atoms with Crippen LogP contribution < -0.4 is 20.3 Å². The van der Waals surface area contributed by atoms with Gasteiger partial charge in [0.25, 0.3) is 5.56 Å². The molecule has 172 valence electrons. The van der Waals surface area contributed by atoms with E-state index in [1.807, 2.05) is 29.2 Å². The van der Waals surface area contributed by atoms with Gasteiger partial charge < -0.3 is 24.7 Å². The summed E-state index contributed by atoms with van der Waals surface area (Å²) in [6.07, 6.45) is 3.45. The summed E-state index contributed by atoms with van der Waals surface area (Å²) in [6.45, 7) is 1.64. The maximum Gasteiger partial charge on any atom is 0.253 e. The van der Waals surface area contributed by atoms with Crippen LogP contribution in [-0.4, -0.2) is 33.2 Å². The summed E-state index contributed by atoms with van der Waals surface area (Å²) in [5, 5.41) is 4.36. The van der Waals surface area contributed by atoms with Crippen LogP contribution in [0.25, 0.3) is 10.9 Å². The van der Waals surface area contributed by atoms with Gasteiger partial charge in [-0.15, -0.1) is 0 Å². The minimum Gasteiger partial charge on any atom is -0.486 e. The van der Waals surface area contributed by atoms with Gasteiger partial charge in [-0.1, -0.05) is 6.07 Å². The standard InChI is InChI=1S/C25H21FN4O3S/c26-19-3-5-20(6-4-19)28-25(34)30(14-16-2-1-7-27-13-16)15-18-10-17-11-22-23(33-9-8-32-22)12-21(17)29-24(18)31/h1-7,10-13H,8-9,14-15H2,(H,28,34)(H,29,31). The molecule has 2 aromatic heterocycles. The van der Waals surface area contributed by atoms with Crippen molar-refractivity contribution in [3.8, 4) is 11.5 Å². The molecule has 0 amide bonds. The zero-order valence-corrected chi connectivity index (χ0v) is 18.9. The first-order valence-electron chi connectivity index (χ1n) is 10.7. The Morgan fingerprint density at radius 1 is 1.09 bits per heavy atom. The van der Waals surface area contributed by atoms with Gasteiger partial charge in [0.2, 0.25) is 0 Å². The summed E-state index contributed by atoms with van der Waals surface area (Å²) in [7, 11) is 0. The second-order valence-electron chi connectivity index (χ2n) is 7.86. The first-order valence-corrected chi connectivity index (χ1v) is 11.1. The number of aromatic nitrogens is 2. The molecule has 5 rings (SSSR count). The Balaban J connectivity index is 1.45. The van der Waals surface area contributed by atoms with E-state index >= 15 is 0 Å². The van der Waals surface area contributed by atoms with Crippen LogP contribution in [-0.2, 0) is 13.1 Å². The van der Waals surface area contributed by atoms with Crippen LogP contribution in [0.4, 0.5) is 10.1 Å². The van der Waals surface area contributed by atoms with Crippen molar-refractivity contribution in [2.75, 3.05) is 18.5 Å². The first-order chi connectivity index (χ1) is 16.5. The molecule has 0 spiro atoms. The van der Waals surface area contributed by atoms with Gasteiger partial charge in [-0.05, 0) is 60.2 Å². The smallest absolute Gasteiger partial charge is 0.253 e. The molecular formula is C25H21FN4O3S. The molecule has 3 heterocycles. The average Bonchev–Trinajstić information content (AvgIpc) is 2.85. The molecule has 0 radical (unpaired) electrons. The van der Waals surface area contributed by atoms with E-state index in [9.17, 15) is 9.18 Å². The van der Waals surface area contributed by atoms with Crippen molar-refractivity contribution < 1.29 is 13.9 Å². The van der Waals surface area contributed by atoms with E-state index in [-0.39, 0.29) is 17.9 Å². The molecule has 7 nitrogen and oxygen atoms in total. The highest BCUT2D eigenvalue weighted by atomic mass is 32.1. The van der Waals surface area contributed by atoms with Gasteiger partial charge in [-0.2, -0.15) is 0 Å². The molecule has 0 saturated heterocycles. The second kappa shape index (κ2) is 9.48. The van der Waals surface area contributed by atoms with E-state index in [1.54, 1.807) is 30.6 Å². The topological polar surface area (TPSA) is 79.5 Å². The third kappa shape index (κ3) is 4.84. The van der Waals surface area contributed by atoms with Gasteiger partial charge in [0, 0.05) is 41.6 Å². The van der Waals surface area contributed by atoms with E-state index in [2.05, 4.69) is 15.3 Å². The molecule has 4 aromatic rings. The Hall–Kier alpha value is -3.98. The van der Waals surface area contributed by atoms with Crippen LogP contribution in [0, 0.1) is 5.82 Å². The number of halogens is 1. The molecule has 1 aliphatic heterocycles. The zero-order chi connectivity index (χ0) is 23.5. The van der Waals surface area contributed by atoms with Gasteiger partial charge in [0.1, 0.15) is 19.0 Å². The third-order valence-electron chi connectivity index (χ3n) is 5.42. The summed E-state index contributed by atoms with van der Waals surface area (Å²) >= 11 is 5.66. The van der Waals surface area contributed by atoms with E-state index in [0.29, 0.717) is 53.1 Å². The number of aromatic amines is 1. The number of pyridine rings is 2. The largest absolute Gasteiger partial charge is 0.486 e. The molecular weight excluding hydrogens is 455 g/mol. The SMILES string of the molecule is O=c1[nH]c2cc3c(cc2cc1CN(Cc1cccnc1)C(=S)Nc1ccc(F)cc1)OCCO3. The fourth-order valence-electron chi connectivity index (χ4n) is 3.76. The lowest BCUT2D eigenvalue weighted by Crippen LogP contribution is -2.35. The molecule has 2 aromatic carbocycles. The Labute approximate surface area is 200 Å². The number of anilines is 1. The molecule has 0 aliphatic carbocycles. The third-order valence-corrected chi connectivity index (χ3v) is 5.78. The molecule has 0 unspecified atom stereocenters. The summed E-state index contributed by atoms with van der Waals surface area (Å²) in [4.78, 5) is 21.9. The monoisotopic (exact) mass is 476 g/mol. The predicted octanol–water partition coefficient (Wildman–Crippen LogP) is 4.23. The number of nitrogens with one attached hydrogen (secondary N) is 2. The minimum atomic E-state index is -0.331. The minimum absolute atomic E-state index is 0.218. The van der Waals surface area contributed by atoms with E-state index in [0.717, 1.165) is 10.9 Å². The van der Waals surface area contributed by atoms with Crippen LogP contribution >= 0.6 is 12.2 Å². The van der Waals surface area contributed by atoms with Crippen molar-refractivity contribution in [1.82, 2.24) is 14.9 Å². The van der Waals surface area contributed by atoms with Gasteiger partial charge in [-0.25, -0.2) is 4.39 Å². The highest BCUT2D eigenvalue weighted by molar-refractivity contribution is 7.80. The van der Waals surface area contributed by atoms with Gasteiger partial charge in [0.05, 0.1) is 12.1 Å². The fourth-order valence-corrected chi connectivity index (χ4v) is 4.01. The highest BCUT2D eigenvalue weighted by Gasteiger charge is 2.17. The normalized spacial score (nSPS) is 12.4. The van der Waals surface area contributed by atoms with Gasteiger partial charge in [0.15, 0.2) is 16.6 Å². The Kier molecular flexibility index (Phi) is 6.09. The van der Waals surface area contributed by atoms with E-state index in [1.165, 1.54) is 12.1 Å². The number of rotatable bonds is 5. The molecule has 0 fully saturated rings. The number of fused-ring (bicyclic) bond motifs is 2. The van der Waals surface area contributed by atoms with E-state index < -0.39 is 0 Å². The lowest BCUT2D eigenvalue weighted by molar-refractivity contribution is 0.172. The lowest BCUT2D eigenvalue weighted by atomic mass is 10.1. The number of hydrogen-bond donors (Lipinski definition) is 2. The van der Waals surface area contributed by atoms with Crippen LogP contribution in [0.1, 0.15) is 11.1 Å². The van der Waals surface area contributed by atoms with Crippen LogP contribution in [0.3, 0.4) is 0 Å². The maximum atomic E-state index is 13.3. The Morgan fingerprint density at radius 2 is 1.85 bits per heavy atom. The van der Waals surface area contributed by atoms with Crippen LogP contribution in [0.15, 0.2) is 71.8 Å². The second-order valence-corrected chi connectivity index (χ2v) is 8.25. The zero-order valence-electron chi connectivity index (χ0n) is 18.1. The fraction of sp³-hybridized carbons (Fsp3) is 0.160. The summed E-state index contributed by atoms with van der Waals surface area (Å²) < 4.78 is 24.6. The van der Waals surface area contributed by atoms with E-state index in [4.69, 9.17) is 21.7 Å². The molecule has 34 heavy (non-hydrogen) atoms. The number of thiocarbonyl (C=S) groups is 1. The Morgan fingerprint density at radius 3 is 2.59 bits per heavy atom. The van der Waals surface area contributed by atoms with Crippen molar-refractivity contribution in [3.63, 3.8) is 0 Å². The molecule has 0 bridgehead atoms. The summed E-state index contributed by atoms with van der Waals surface area (Å²) in [5.41, 5.74) is 2.58. The number of ether oxygens (including phenoxy) is 2. The first kappa shape index (κ1) is 21.8. The van der Waals surface area contributed by atoms with Crippen LogP contribution in [0.5, 0.6) is 11.5 Å². The quantitative estimate of drug-likeness (QED) is 0.417. The number of hydrogen-bond acceptors (Lipinski definition) is 5. The molecule has 0 saturated carbocycles. The molecule has 9 heteroatoms. The van der Waals surface area contributed by atoms with Gasteiger partial charge in [-0.3, -0.25) is 9.78 Å². The maximum absolute atomic E-state index is 13.3. The summed E-state index contributed by atoms with van der Waals surface area (Å²) in [5.74, 6) is 0.936. The Bertz CT molecular complexity index is 1390. The average molecular weight is 477 g/mol. The number of H-pyrrole nitrogens is 1. The van der Waals surface area contributed by atoms with Crippen molar-refractivity contribution >= 4 is 33.9 Å².